The Bertz CT molecular complexity index is 1460. The van der Waals surface area contributed by atoms with Crippen LogP contribution < -0.4 is 19.5 Å². The molecule has 7 nitrogen and oxygen atoms in total. The molecule has 4 rings (SSSR count). The van der Waals surface area contributed by atoms with E-state index >= 15 is 0 Å². The van der Waals surface area contributed by atoms with Crippen LogP contribution in [-0.4, -0.2) is 27.5 Å². The molecule has 0 bridgehead atoms. The Balaban J connectivity index is 1.48. The summed E-state index contributed by atoms with van der Waals surface area (Å²) in [6, 6.07) is 28.9. The average Bonchev–Trinajstić information content (AvgIpc) is 2.93. The number of carbonyl (C=O) groups excluding carboxylic acids is 1. The van der Waals surface area contributed by atoms with E-state index < -0.39 is 22.0 Å². The average molecular weight is 551 g/mol. The summed E-state index contributed by atoms with van der Waals surface area (Å²) < 4.78 is 39.8. The lowest BCUT2D eigenvalue weighted by atomic mass is 10.1. The molecule has 196 valence electrons. The Hall–Kier alpha value is -3.85. The lowest BCUT2D eigenvalue weighted by Gasteiger charge is -2.19. The van der Waals surface area contributed by atoms with Crippen LogP contribution in [0.15, 0.2) is 108 Å². The van der Waals surface area contributed by atoms with Gasteiger partial charge in [0.25, 0.3) is 0 Å². The molecule has 4 aromatic carbocycles. The van der Waals surface area contributed by atoms with Crippen molar-refractivity contribution in [3.05, 3.63) is 119 Å². The van der Waals surface area contributed by atoms with Gasteiger partial charge < -0.3 is 14.8 Å². The standard InChI is InChI=1S/C29H27ClN2O5S/c1-36-28-17-16-25(19-26(28)30)38(34,35)32-27(18-21-8-4-2-5-9-21)29(33)31-23-12-14-24(15-13-23)37-20-22-10-6-3-7-11-22/h2-17,19,27,32H,18,20H2,1H3,(H,31,33). The summed E-state index contributed by atoms with van der Waals surface area (Å²) in [6.45, 7) is 0.419. The third kappa shape index (κ3) is 7.35. The van der Waals surface area contributed by atoms with Crippen LogP contribution in [-0.2, 0) is 27.8 Å². The zero-order valence-corrected chi connectivity index (χ0v) is 22.2. The summed E-state index contributed by atoms with van der Waals surface area (Å²) in [7, 11) is -2.64. The fourth-order valence-corrected chi connectivity index (χ4v) is 5.26. The summed E-state index contributed by atoms with van der Waals surface area (Å²) in [5.74, 6) is 0.486. The Labute approximate surface area is 227 Å². The van der Waals surface area contributed by atoms with Crippen molar-refractivity contribution in [2.45, 2.75) is 24.0 Å². The largest absolute Gasteiger partial charge is 0.495 e. The number of halogens is 1. The summed E-state index contributed by atoms with van der Waals surface area (Å²) in [5, 5.41) is 2.95. The predicted molar refractivity (Wildman–Crippen MR) is 148 cm³/mol. The van der Waals surface area contributed by atoms with Crippen molar-refractivity contribution in [2.75, 3.05) is 12.4 Å². The summed E-state index contributed by atoms with van der Waals surface area (Å²) in [5.41, 5.74) is 2.35. The number of ether oxygens (including phenoxy) is 2. The molecule has 0 saturated heterocycles. The van der Waals surface area contributed by atoms with Crippen LogP contribution in [0.3, 0.4) is 0 Å². The molecule has 0 aliphatic carbocycles. The number of sulfonamides is 1. The van der Waals surface area contributed by atoms with Crippen molar-refractivity contribution in [2.24, 2.45) is 0 Å². The van der Waals surface area contributed by atoms with Gasteiger partial charge >= 0.3 is 0 Å². The van der Waals surface area contributed by atoms with Crippen LogP contribution in [0.25, 0.3) is 0 Å². The summed E-state index contributed by atoms with van der Waals surface area (Å²) in [4.78, 5) is 13.2. The highest BCUT2D eigenvalue weighted by Crippen LogP contribution is 2.27. The summed E-state index contributed by atoms with van der Waals surface area (Å²) >= 11 is 6.13. The number of amides is 1. The topological polar surface area (TPSA) is 93.7 Å². The van der Waals surface area contributed by atoms with Crippen LogP contribution in [0.2, 0.25) is 5.02 Å². The van der Waals surface area contributed by atoms with Gasteiger partial charge in [0.1, 0.15) is 24.1 Å². The van der Waals surface area contributed by atoms with E-state index in [1.807, 2.05) is 60.7 Å². The van der Waals surface area contributed by atoms with Gasteiger partial charge in [0.05, 0.1) is 17.0 Å². The van der Waals surface area contributed by atoms with Gasteiger partial charge in [-0.3, -0.25) is 4.79 Å². The highest BCUT2D eigenvalue weighted by Gasteiger charge is 2.27. The monoisotopic (exact) mass is 550 g/mol. The first-order valence-electron chi connectivity index (χ1n) is 11.8. The minimum absolute atomic E-state index is 0.0749. The molecule has 0 spiro atoms. The van der Waals surface area contributed by atoms with E-state index in [2.05, 4.69) is 10.0 Å². The van der Waals surface area contributed by atoms with Gasteiger partial charge in [-0.1, -0.05) is 72.3 Å². The second-order valence-corrected chi connectivity index (χ2v) is 10.6. The van der Waals surface area contributed by atoms with Gasteiger partial charge in [-0.15, -0.1) is 0 Å². The number of benzene rings is 4. The summed E-state index contributed by atoms with van der Waals surface area (Å²) in [6.07, 6.45) is 0.147. The quantitative estimate of drug-likeness (QED) is 0.259. The van der Waals surface area contributed by atoms with Crippen LogP contribution in [0.1, 0.15) is 11.1 Å². The van der Waals surface area contributed by atoms with E-state index in [4.69, 9.17) is 21.1 Å². The zero-order valence-electron chi connectivity index (χ0n) is 20.6. The maximum atomic E-state index is 13.3. The molecule has 0 aromatic heterocycles. The van der Waals surface area contributed by atoms with E-state index in [1.165, 1.54) is 25.3 Å². The number of anilines is 1. The fourth-order valence-electron chi connectivity index (χ4n) is 3.71. The molecule has 0 radical (unpaired) electrons. The molecule has 0 aliphatic rings. The van der Waals surface area contributed by atoms with Gasteiger partial charge in [0.2, 0.25) is 15.9 Å². The number of carbonyl (C=O) groups is 1. The molecule has 2 N–H and O–H groups in total. The van der Waals surface area contributed by atoms with Gasteiger partial charge in [-0.05, 0) is 60.0 Å². The molecule has 0 fully saturated rings. The van der Waals surface area contributed by atoms with Gasteiger partial charge in [0.15, 0.2) is 0 Å². The molecule has 4 aromatic rings. The maximum absolute atomic E-state index is 13.3. The van der Waals surface area contributed by atoms with E-state index in [1.54, 1.807) is 24.3 Å². The molecule has 1 unspecified atom stereocenters. The fraction of sp³-hybridized carbons (Fsp3) is 0.138. The van der Waals surface area contributed by atoms with Crippen LogP contribution in [0.5, 0.6) is 11.5 Å². The number of rotatable bonds is 11. The van der Waals surface area contributed by atoms with Crippen molar-refractivity contribution in [3.8, 4) is 11.5 Å². The van der Waals surface area contributed by atoms with Crippen molar-refractivity contribution >= 4 is 33.2 Å². The van der Waals surface area contributed by atoms with Crippen LogP contribution in [0.4, 0.5) is 5.69 Å². The molecule has 0 aliphatic heterocycles. The molecule has 1 amide bonds. The molecule has 0 saturated carbocycles. The third-order valence-electron chi connectivity index (χ3n) is 5.70. The normalized spacial score (nSPS) is 11.9. The minimum atomic E-state index is -4.08. The van der Waals surface area contributed by atoms with Crippen molar-refractivity contribution in [3.63, 3.8) is 0 Å². The van der Waals surface area contributed by atoms with Gasteiger partial charge in [-0.2, -0.15) is 4.72 Å². The Kier molecular flexibility index (Phi) is 9.02. The van der Waals surface area contributed by atoms with Crippen molar-refractivity contribution < 1.29 is 22.7 Å². The zero-order chi connectivity index (χ0) is 27.0. The Morgan fingerprint density at radius 2 is 1.50 bits per heavy atom. The smallest absolute Gasteiger partial charge is 0.242 e. The lowest BCUT2D eigenvalue weighted by molar-refractivity contribution is -0.117. The second kappa shape index (κ2) is 12.6. The molecule has 1 atom stereocenters. The highest BCUT2D eigenvalue weighted by molar-refractivity contribution is 7.89. The van der Waals surface area contributed by atoms with E-state index in [0.717, 1.165) is 11.1 Å². The first-order valence-corrected chi connectivity index (χ1v) is 13.7. The van der Waals surface area contributed by atoms with Gasteiger partial charge in [0, 0.05) is 5.69 Å². The number of hydrogen-bond donors (Lipinski definition) is 2. The molecule has 38 heavy (non-hydrogen) atoms. The van der Waals surface area contributed by atoms with E-state index in [0.29, 0.717) is 23.8 Å². The first kappa shape index (κ1) is 27.2. The third-order valence-corrected chi connectivity index (χ3v) is 7.47. The molecule has 9 heteroatoms. The second-order valence-electron chi connectivity index (χ2n) is 8.45. The van der Waals surface area contributed by atoms with Crippen LogP contribution in [0, 0.1) is 0 Å². The van der Waals surface area contributed by atoms with Crippen molar-refractivity contribution in [1.29, 1.82) is 0 Å². The molecule has 0 heterocycles. The maximum Gasteiger partial charge on any atom is 0.242 e. The number of methoxy groups -OCH3 is 1. The van der Waals surface area contributed by atoms with E-state index in [-0.39, 0.29) is 16.3 Å². The SMILES string of the molecule is COc1ccc(S(=O)(=O)NC(Cc2ccccc2)C(=O)Nc2ccc(OCc3ccccc3)cc2)cc1Cl. The molecular weight excluding hydrogens is 524 g/mol. The van der Waals surface area contributed by atoms with Crippen molar-refractivity contribution in [1.82, 2.24) is 4.72 Å². The number of nitrogens with one attached hydrogen (secondary N) is 2. The first-order chi connectivity index (χ1) is 18.3. The Morgan fingerprint density at radius 1 is 0.868 bits per heavy atom. The molecular formula is C29H27ClN2O5S. The van der Waals surface area contributed by atoms with Crippen LogP contribution >= 0.6 is 11.6 Å². The Morgan fingerprint density at radius 3 is 2.11 bits per heavy atom. The lowest BCUT2D eigenvalue weighted by Crippen LogP contribution is -2.45. The minimum Gasteiger partial charge on any atom is -0.495 e. The highest BCUT2D eigenvalue weighted by atomic mass is 35.5. The van der Waals surface area contributed by atoms with E-state index in [9.17, 15) is 13.2 Å². The van der Waals surface area contributed by atoms with Gasteiger partial charge in [-0.25, -0.2) is 8.42 Å². The predicted octanol–water partition coefficient (Wildman–Crippen LogP) is 5.46. The number of hydrogen-bond acceptors (Lipinski definition) is 5.